The van der Waals surface area contributed by atoms with Gasteiger partial charge in [0.25, 0.3) is 0 Å². The van der Waals surface area contributed by atoms with Crippen molar-refractivity contribution in [2.75, 3.05) is 27.3 Å². The van der Waals surface area contributed by atoms with Gasteiger partial charge in [0, 0.05) is 20.1 Å². The van der Waals surface area contributed by atoms with Gasteiger partial charge in [-0.2, -0.15) is 11.3 Å². The number of nitrogens with zero attached hydrogens (tertiary/aromatic N) is 1. The number of aryl methyl sites for hydroxylation is 1. The summed E-state index contributed by atoms with van der Waals surface area (Å²) in [5.41, 5.74) is 2.52. The summed E-state index contributed by atoms with van der Waals surface area (Å²) in [5, 5.41) is 10.9. The van der Waals surface area contributed by atoms with Crippen LogP contribution >= 0.6 is 11.3 Å². The second kappa shape index (κ2) is 10.6. The van der Waals surface area contributed by atoms with Crippen LogP contribution in [0.4, 0.5) is 0 Å². The maximum atomic E-state index is 5.63. The standard InChI is InChI=1S/C19H27N3O2S/c1-4-24-18-12-15(7-8-17(18)23-3)6-5-10-21-19(20-2)22-13-16-9-11-25-14-16/h7-9,11-12,14H,4-6,10,13H2,1-3H3,(H2,20,21,22). The summed E-state index contributed by atoms with van der Waals surface area (Å²) in [5.74, 6) is 2.42. The van der Waals surface area contributed by atoms with Crippen molar-refractivity contribution >= 4 is 17.3 Å². The van der Waals surface area contributed by atoms with Crippen LogP contribution in [0.15, 0.2) is 40.0 Å². The Hall–Kier alpha value is -2.21. The molecule has 25 heavy (non-hydrogen) atoms. The van der Waals surface area contributed by atoms with Crippen molar-refractivity contribution in [3.63, 3.8) is 0 Å². The van der Waals surface area contributed by atoms with Crippen LogP contribution in [0.25, 0.3) is 0 Å². The lowest BCUT2D eigenvalue weighted by Gasteiger charge is -2.13. The predicted molar refractivity (Wildman–Crippen MR) is 105 cm³/mol. The summed E-state index contributed by atoms with van der Waals surface area (Å²) in [7, 11) is 3.46. The van der Waals surface area contributed by atoms with E-state index in [0.717, 1.165) is 43.4 Å². The molecule has 5 nitrogen and oxygen atoms in total. The van der Waals surface area contributed by atoms with E-state index in [1.807, 2.05) is 13.0 Å². The third kappa shape index (κ3) is 6.31. The van der Waals surface area contributed by atoms with Gasteiger partial charge in [-0.25, -0.2) is 0 Å². The molecule has 1 aromatic carbocycles. The molecule has 0 bridgehead atoms. The van der Waals surface area contributed by atoms with Crippen LogP contribution in [-0.2, 0) is 13.0 Å². The Morgan fingerprint density at radius 3 is 2.72 bits per heavy atom. The summed E-state index contributed by atoms with van der Waals surface area (Å²) in [6.45, 7) is 4.26. The highest BCUT2D eigenvalue weighted by Crippen LogP contribution is 2.28. The highest BCUT2D eigenvalue weighted by Gasteiger charge is 2.05. The molecule has 0 saturated carbocycles. The molecule has 2 N–H and O–H groups in total. The number of thiophene rings is 1. The lowest BCUT2D eigenvalue weighted by atomic mass is 10.1. The molecule has 0 aliphatic carbocycles. The van der Waals surface area contributed by atoms with Crippen molar-refractivity contribution < 1.29 is 9.47 Å². The molecule has 2 rings (SSSR count). The van der Waals surface area contributed by atoms with Gasteiger partial charge in [-0.05, 0) is 59.9 Å². The Balaban J connectivity index is 1.75. The van der Waals surface area contributed by atoms with Crippen LogP contribution in [0.1, 0.15) is 24.5 Å². The molecule has 1 aromatic heterocycles. The van der Waals surface area contributed by atoms with Gasteiger partial charge < -0.3 is 20.1 Å². The Labute approximate surface area is 154 Å². The van der Waals surface area contributed by atoms with Gasteiger partial charge in [-0.1, -0.05) is 6.07 Å². The smallest absolute Gasteiger partial charge is 0.191 e. The Morgan fingerprint density at radius 1 is 1.16 bits per heavy atom. The predicted octanol–water partition coefficient (Wildman–Crippen LogP) is 3.45. The fourth-order valence-electron chi connectivity index (χ4n) is 2.44. The number of methoxy groups -OCH3 is 1. The van der Waals surface area contributed by atoms with Crippen LogP contribution in [0.5, 0.6) is 11.5 Å². The first-order chi connectivity index (χ1) is 12.3. The number of nitrogens with one attached hydrogen (secondary N) is 2. The van der Waals surface area contributed by atoms with E-state index in [0.29, 0.717) is 6.61 Å². The molecular weight excluding hydrogens is 334 g/mol. The lowest BCUT2D eigenvalue weighted by Crippen LogP contribution is -2.37. The van der Waals surface area contributed by atoms with Gasteiger partial charge in [0.05, 0.1) is 13.7 Å². The maximum Gasteiger partial charge on any atom is 0.191 e. The van der Waals surface area contributed by atoms with Crippen molar-refractivity contribution in [2.24, 2.45) is 4.99 Å². The zero-order valence-electron chi connectivity index (χ0n) is 15.2. The summed E-state index contributed by atoms with van der Waals surface area (Å²) in [6.07, 6.45) is 1.98. The van der Waals surface area contributed by atoms with Crippen LogP contribution in [0, 0.1) is 0 Å². The molecular formula is C19H27N3O2S. The van der Waals surface area contributed by atoms with Gasteiger partial charge in [-0.3, -0.25) is 4.99 Å². The van der Waals surface area contributed by atoms with Crippen molar-refractivity contribution in [2.45, 2.75) is 26.3 Å². The van der Waals surface area contributed by atoms with Crippen molar-refractivity contribution in [3.05, 3.63) is 46.2 Å². The molecule has 0 aliphatic heterocycles. The minimum Gasteiger partial charge on any atom is -0.493 e. The zero-order valence-corrected chi connectivity index (χ0v) is 16.0. The molecule has 0 fully saturated rings. The fraction of sp³-hybridized carbons (Fsp3) is 0.421. The molecule has 0 saturated heterocycles. The molecule has 2 aromatic rings. The molecule has 0 unspecified atom stereocenters. The molecule has 136 valence electrons. The average molecular weight is 362 g/mol. The number of rotatable bonds is 9. The minimum absolute atomic E-state index is 0.632. The quantitative estimate of drug-likeness (QED) is 0.408. The van der Waals surface area contributed by atoms with E-state index in [4.69, 9.17) is 9.47 Å². The summed E-state index contributed by atoms with van der Waals surface area (Å²) < 4.78 is 11.0. The number of hydrogen-bond donors (Lipinski definition) is 2. The number of benzene rings is 1. The van der Waals surface area contributed by atoms with E-state index in [1.54, 1.807) is 25.5 Å². The second-order valence-corrected chi connectivity index (χ2v) is 6.29. The molecule has 0 spiro atoms. The Morgan fingerprint density at radius 2 is 2.04 bits per heavy atom. The third-order valence-electron chi connectivity index (χ3n) is 3.73. The summed E-state index contributed by atoms with van der Waals surface area (Å²) >= 11 is 1.71. The minimum atomic E-state index is 0.632. The lowest BCUT2D eigenvalue weighted by molar-refractivity contribution is 0.310. The number of hydrogen-bond acceptors (Lipinski definition) is 4. The molecule has 0 amide bonds. The van der Waals surface area contributed by atoms with E-state index >= 15 is 0 Å². The van der Waals surface area contributed by atoms with Crippen LogP contribution in [-0.4, -0.2) is 33.3 Å². The summed E-state index contributed by atoms with van der Waals surface area (Å²) in [6, 6.07) is 8.23. The van der Waals surface area contributed by atoms with Gasteiger partial charge in [-0.15, -0.1) is 0 Å². The SMILES string of the molecule is CCOc1cc(CCCNC(=NC)NCc2ccsc2)ccc1OC. The molecule has 0 atom stereocenters. The molecule has 6 heteroatoms. The molecule has 1 heterocycles. The Kier molecular flexibility index (Phi) is 8.12. The first kappa shape index (κ1) is 19.1. The monoisotopic (exact) mass is 361 g/mol. The number of guanidine groups is 1. The molecule has 0 aliphatic rings. The topological polar surface area (TPSA) is 54.9 Å². The van der Waals surface area contributed by atoms with Gasteiger partial charge in [0.15, 0.2) is 17.5 Å². The highest BCUT2D eigenvalue weighted by atomic mass is 32.1. The van der Waals surface area contributed by atoms with E-state index in [9.17, 15) is 0 Å². The second-order valence-electron chi connectivity index (χ2n) is 5.51. The Bertz CT molecular complexity index is 657. The van der Waals surface area contributed by atoms with Crippen LogP contribution in [0.3, 0.4) is 0 Å². The van der Waals surface area contributed by atoms with E-state index < -0.39 is 0 Å². The van der Waals surface area contributed by atoms with Gasteiger partial charge >= 0.3 is 0 Å². The maximum absolute atomic E-state index is 5.63. The van der Waals surface area contributed by atoms with E-state index in [2.05, 4.69) is 44.6 Å². The normalized spacial score (nSPS) is 11.2. The van der Waals surface area contributed by atoms with Crippen molar-refractivity contribution in [1.82, 2.24) is 10.6 Å². The number of ether oxygens (including phenoxy) is 2. The highest BCUT2D eigenvalue weighted by molar-refractivity contribution is 7.07. The fourth-order valence-corrected chi connectivity index (χ4v) is 3.11. The first-order valence-corrected chi connectivity index (χ1v) is 9.46. The van der Waals surface area contributed by atoms with Gasteiger partial charge in [0.2, 0.25) is 0 Å². The largest absolute Gasteiger partial charge is 0.493 e. The van der Waals surface area contributed by atoms with Crippen LogP contribution in [0.2, 0.25) is 0 Å². The number of aliphatic imine (C=N–C) groups is 1. The summed E-state index contributed by atoms with van der Waals surface area (Å²) in [4.78, 5) is 4.25. The first-order valence-electron chi connectivity index (χ1n) is 8.52. The van der Waals surface area contributed by atoms with Gasteiger partial charge in [0.1, 0.15) is 0 Å². The third-order valence-corrected chi connectivity index (χ3v) is 4.46. The molecule has 0 radical (unpaired) electrons. The van der Waals surface area contributed by atoms with Crippen molar-refractivity contribution in [3.8, 4) is 11.5 Å². The van der Waals surface area contributed by atoms with E-state index in [-0.39, 0.29) is 0 Å². The van der Waals surface area contributed by atoms with E-state index in [1.165, 1.54) is 11.1 Å². The van der Waals surface area contributed by atoms with Crippen LogP contribution < -0.4 is 20.1 Å². The zero-order chi connectivity index (χ0) is 17.9. The average Bonchev–Trinajstić information content (AvgIpc) is 3.15. The van der Waals surface area contributed by atoms with Crippen molar-refractivity contribution in [1.29, 1.82) is 0 Å².